The Morgan fingerprint density at radius 2 is 1.93 bits per heavy atom. The van der Waals surface area contributed by atoms with Crippen LogP contribution in [0.1, 0.15) is 42.1 Å². The van der Waals surface area contributed by atoms with Crippen LogP contribution in [0.4, 0.5) is 11.4 Å². The molecule has 5 nitrogen and oxygen atoms in total. The molecule has 1 N–H and O–H groups in total. The number of hydrogen-bond acceptors (Lipinski definition) is 3. The topological polar surface area (TPSA) is 58.6 Å². The Morgan fingerprint density at radius 1 is 1.15 bits per heavy atom. The summed E-state index contributed by atoms with van der Waals surface area (Å²) >= 11 is 0. The van der Waals surface area contributed by atoms with Gasteiger partial charge >= 0.3 is 0 Å². The van der Waals surface area contributed by atoms with E-state index in [2.05, 4.69) is 5.32 Å². The van der Waals surface area contributed by atoms with Gasteiger partial charge in [-0.3, -0.25) is 9.59 Å². The number of anilines is 2. The van der Waals surface area contributed by atoms with E-state index in [4.69, 9.17) is 4.74 Å². The highest BCUT2D eigenvalue weighted by molar-refractivity contribution is 6.05. The van der Waals surface area contributed by atoms with Crippen LogP contribution in [-0.4, -0.2) is 25.0 Å². The van der Waals surface area contributed by atoms with E-state index < -0.39 is 0 Å². The monoisotopic (exact) mass is 364 g/mol. The molecule has 0 saturated heterocycles. The molecule has 0 spiro atoms. The Hall–Kier alpha value is -2.82. The molecule has 2 aliphatic rings. The Balaban J connectivity index is 1.51. The standard InChI is InChI=1S/C22H24N2O3/c1-2-27-19-11-8-16(9-12-19)21(25)23-18-10-7-15-4-3-13-24(20(15)14-18)22(26)17-5-6-17/h7-12,14,17H,2-6,13H2,1H3,(H,23,25). The van der Waals surface area contributed by atoms with Gasteiger partial charge in [0.1, 0.15) is 5.75 Å². The van der Waals surface area contributed by atoms with E-state index in [1.165, 1.54) is 5.56 Å². The molecule has 2 aromatic rings. The minimum absolute atomic E-state index is 0.172. The lowest BCUT2D eigenvalue weighted by Gasteiger charge is -2.30. The first-order chi connectivity index (χ1) is 13.2. The lowest BCUT2D eigenvalue weighted by Crippen LogP contribution is -2.36. The Bertz CT molecular complexity index is 856. The highest BCUT2D eigenvalue weighted by atomic mass is 16.5. The molecule has 0 radical (unpaired) electrons. The van der Waals surface area contributed by atoms with Crippen LogP contribution in [0.2, 0.25) is 0 Å². The zero-order chi connectivity index (χ0) is 18.8. The number of carbonyl (C=O) groups excluding carboxylic acids is 2. The molecule has 1 fully saturated rings. The number of aryl methyl sites for hydroxylation is 1. The van der Waals surface area contributed by atoms with Crippen molar-refractivity contribution in [2.24, 2.45) is 5.92 Å². The van der Waals surface area contributed by atoms with Crippen LogP contribution in [0.15, 0.2) is 42.5 Å². The van der Waals surface area contributed by atoms with Crippen LogP contribution in [0.3, 0.4) is 0 Å². The number of nitrogens with zero attached hydrogens (tertiary/aromatic N) is 1. The fraction of sp³-hybridized carbons (Fsp3) is 0.364. The summed E-state index contributed by atoms with van der Waals surface area (Å²) in [7, 11) is 0. The van der Waals surface area contributed by atoms with Gasteiger partial charge in [-0.2, -0.15) is 0 Å². The van der Waals surface area contributed by atoms with E-state index in [-0.39, 0.29) is 17.7 Å². The molecule has 0 aromatic heterocycles. The molecule has 140 valence electrons. The lowest BCUT2D eigenvalue weighted by molar-refractivity contribution is -0.119. The average molecular weight is 364 g/mol. The van der Waals surface area contributed by atoms with E-state index in [1.54, 1.807) is 24.3 Å². The van der Waals surface area contributed by atoms with Crippen molar-refractivity contribution >= 4 is 23.2 Å². The van der Waals surface area contributed by atoms with Crippen molar-refractivity contribution in [3.05, 3.63) is 53.6 Å². The predicted molar refractivity (Wildman–Crippen MR) is 105 cm³/mol. The zero-order valence-electron chi connectivity index (χ0n) is 15.5. The van der Waals surface area contributed by atoms with Gasteiger partial charge in [0, 0.05) is 29.4 Å². The second-order valence-electron chi connectivity index (χ2n) is 7.12. The minimum Gasteiger partial charge on any atom is -0.494 e. The predicted octanol–water partition coefficient (Wildman–Crippen LogP) is 4.03. The summed E-state index contributed by atoms with van der Waals surface area (Å²) < 4.78 is 5.41. The van der Waals surface area contributed by atoms with Crippen molar-refractivity contribution in [1.82, 2.24) is 0 Å². The van der Waals surface area contributed by atoms with E-state index >= 15 is 0 Å². The number of ether oxygens (including phenoxy) is 1. The van der Waals surface area contributed by atoms with Crippen molar-refractivity contribution in [3.63, 3.8) is 0 Å². The summed E-state index contributed by atoms with van der Waals surface area (Å²) in [5, 5.41) is 2.95. The Kier molecular flexibility index (Phi) is 4.84. The highest BCUT2D eigenvalue weighted by Gasteiger charge is 2.35. The normalized spacial score (nSPS) is 15.8. The van der Waals surface area contributed by atoms with Crippen molar-refractivity contribution in [3.8, 4) is 5.75 Å². The Labute approximate surface area is 159 Å². The van der Waals surface area contributed by atoms with Gasteiger partial charge < -0.3 is 15.0 Å². The van der Waals surface area contributed by atoms with E-state index in [0.717, 1.165) is 43.7 Å². The van der Waals surface area contributed by atoms with Crippen molar-refractivity contribution in [2.45, 2.75) is 32.6 Å². The highest BCUT2D eigenvalue weighted by Crippen LogP contribution is 2.37. The second kappa shape index (κ2) is 7.43. The summed E-state index contributed by atoms with van der Waals surface area (Å²) in [4.78, 5) is 27.0. The van der Waals surface area contributed by atoms with Gasteiger partial charge in [-0.05, 0) is 74.6 Å². The number of rotatable bonds is 5. The molecule has 0 bridgehead atoms. The number of fused-ring (bicyclic) bond motifs is 1. The van der Waals surface area contributed by atoms with Gasteiger partial charge in [-0.15, -0.1) is 0 Å². The summed E-state index contributed by atoms with van der Waals surface area (Å²) in [6.07, 6.45) is 3.96. The summed E-state index contributed by atoms with van der Waals surface area (Å²) in [6.45, 7) is 3.28. The fourth-order valence-electron chi connectivity index (χ4n) is 3.50. The molecule has 1 heterocycles. The van der Waals surface area contributed by atoms with E-state index in [1.807, 2.05) is 30.0 Å². The Morgan fingerprint density at radius 3 is 2.63 bits per heavy atom. The number of nitrogens with one attached hydrogen (secondary N) is 1. The molecule has 0 unspecified atom stereocenters. The maximum absolute atomic E-state index is 12.6. The first-order valence-electron chi connectivity index (χ1n) is 9.64. The number of carbonyl (C=O) groups is 2. The van der Waals surface area contributed by atoms with Crippen LogP contribution < -0.4 is 15.0 Å². The smallest absolute Gasteiger partial charge is 0.255 e. The van der Waals surface area contributed by atoms with Crippen LogP contribution in [0, 0.1) is 5.92 Å². The van der Waals surface area contributed by atoms with Crippen LogP contribution >= 0.6 is 0 Å². The SMILES string of the molecule is CCOc1ccc(C(=O)Nc2ccc3c(c2)N(C(=O)C2CC2)CCC3)cc1. The maximum Gasteiger partial charge on any atom is 0.255 e. The number of benzene rings is 2. The van der Waals surface area contributed by atoms with Gasteiger partial charge in [-0.25, -0.2) is 0 Å². The number of hydrogen-bond donors (Lipinski definition) is 1. The fourth-order valence-corrected chi connectivity index (χ4v) is 3.50. The van der Waals surface area contributed by atoms with Gasteiger partial charge in [0.05, 0.1) is 6.61 Å². The third-order valence-electron chi connectivity index (χ3n) is 5.08. The number of amides is 2. The van der Waals surface area contributed by atoms with Crippen LogP contribution in [-0.2, 0) is 11.2 Å². The molecule has 2 aromatic carbocycles. The van der Waals surface area contributed by atoms with Crippen LogP contribution in [0.25, 0.3) is 0 Å². The minimum atomic E-state index is -0.172. The molecule has 4 rings (SSSR count). The third-order valence-corrected chi connectivity index (χ3v) is 5.08. The first kappa shape index (κ1) is 17.6. The molecular weight excluding hydrogens is 340 g/mol. The quantitative estimate of drug-likeness (QED) is 0.871. The van der Waals surface area contributed by atoms with Crippen molar-refractivity contribution in [1.29, 1.82) is 0 Å². The molecular formula is C22H24N2O3. The van der Waals surface area contributed by atoms with Gasteiger partial charge in [0.25, 0.3) is 5.91 Å². The molecule has 5 heteroatoms. The molecule has 1 aliphatic heterocycles. The molecule has 1 saturated carbocycles. The van der Waals surface area contributed by atoms with Crippen molar-refractivity contribution < 1.29 is 14.3 Å². The maximum atomic E-state index is 12.6. The summed E-state index contributed by atoms with van der Waals surface area (Å²) in [6, 6.07) is 13.0. The molecule has 2 amide bonds. The van der Waals surface area contributed by atoms with Crippen LogP contribution in [0.5, 0.6) is 5.75 Å². The van der Waals surface area contributed by atoms with Gasteiger partial charge in [0.15, 0.2) is 0 Å². The van der Waals surface area contributed by atoms with Gasteiger partial charge in [0.2, 0.25) is 5.91 Å². The first-order valence-corrected chi connectivity index (χ1v) is 9.64. The van der Waals surface area contributed by atoms with Gasteiger partial charge in [-0.1, -0.05) is 6.07 Å². The molecule has 0 atom stereocenters. The van der Waals surface area contributed by atoms with E-state index in [0.29, 0.717) is 17.9 Å². The second-order valence-corrected chi connectivity index (χ2v) is 7.12. The zero-order valence-corrected chi connectivity index (χ0v) is 15.5. The third kappa shape index (κ3) is 3.82. The molecule has 27 heavy (non-hydrogen) atoms. The summed E-state index contributed by atoms with van der Waals surface area (Å²) in [5.41, 5.74) is 3.40. The summed E-state index contributed by atoms with van der Waals surface area (Å²) in [5.74, 6) is 0.995. The average Bonchev–Trinajstić information content (AvgIpc) is 3.53. The lowest BCUT2D eigenvalue weighted by atomic mass is 10.0. The largest absolute Gasteiger partial charge is 0.494 e. The molecule has 1 aliphatic carbocycles. The van der Waals surface area contributed by atoms with Crippen molar-refractivity contribution in [2.75, 3.05) is 23.4 Å². The van der Waals surface area contributed by atoms with E-state index in [9.17, 15) is 9.59 Å².